The molecule has 0 heterocycles. The van der Waals surface area contributed by atoms with Gasteiger partial charge in [-0.15, -0.1) is 0 Å². The second kappa shape index (κ2) is 9.60. The third-order valence-corrected chi connectivity index (χ3v) is 4.39. The maximum absolute atomic E-state index is 13.1. The average molecular weight is 405 g/mol. The summed E-state index contributed by atoms with van der Waals surface area (Å²) in [6, 6.07) is 20.6. The number of ether oxygens (including phenoxy) is 1. The van der Waals surface area contributed by atoms with Crippen LogP contribution in [-0.4, -0.2) is 17.7 Å². The largest absolute Gasteiger partial charge is 0.447 e. The zero-order valence-corrected chi connectivity index (χ0v) is 16.3. The first-order chi connectivity index (χ1) is 14.4. The van der Waals surface area contributed by atoms with Gasteiger partial charge in [0.1, 0.15) is 5.82 Å². The number of hydrogen-bond acceptors (Lipinski definition) is 4. The van der Waals surface area contributed by atoms with Crippen molar-refractivity contribution in [3.63, 3.8) is 0 Å². The Morgan fingerprint density at radius 2 is 1.63 bits per heavy atom. The highest BCUT2D eigenvalue weighted by Gasteiger charge is 2.25. The van der Waals surface area contributed by atoms with E-state index in [2.05, 4.69) is 5.32 Å². The van der Waals surface area contributed by atoms with Crippen molar-refractivity contribution in [1.82, 2.24) is 0 Å². The first-order valence-corrected chi connectivity index (χ1v) is 9.33. The molecule has 0 aliphatic heterocycles. The number of anilines is 1. The highest BCUT2D eigenvalue weighted by atomic mass is 19.1. The molecular weight excluding hydrogens is 385 g/mol. The van der Waals surface area contributed by atoms with E-state index in [1.54, 1.807) is 54.6 Å². The second-order valence-electron chi connectivity index (χ2n) is 6.71. The van der Waals surface area contributed by atoms with Crippen LogP contribution < -0.4 is 5.32 Å². The van der Waals surface area contributed by atoms with E-state index in [1.807, 2.05) is 0 Å². The zero-order chi connectivity index (χ0) is 21.5. The molecule has 3 aromatic rings. The number of rotatable bonds is 7. The number of hydrogen-bond donors (Lipinski definition) is 1. The minimum Gasteiger partial charge on any atom is -0.447 e. The van der Waals surface area contributed by atoms with Gasteiger partial charge in [0.25, 0.3) is 5.91 Å². The van der Waals surface area contributed by atoms with E-state index in [4.69, 9.17) is 4.74 Å². The summed E-state index contributed by atoms with van der Waals surface area (Å²) < 4.78 is 18.5. The normalized spacial score (nSPS) is 11.4. The third kappa shape index (κ3) is 5.61. The minimum absolute atomic E-state index is 0.100. The zero-order valence-electron chi connectivity index (χ0n) is 16.3. The molecule has 0 aliphatic carbocycles. The van der Waals surface area contributed by atoms with Gasteiger partial charge < -0.3 is 10.1 Å². The Hall–Kier alpha value is -3.80. The quantitative estimate of drug-likeness (QED) is 0.464. The molecule has 1 amide bonds. The summed E-state index contributed by atoms with van der Waals surface area (Å²) >= 11 is 0. The topological polar surface area (TPSA) is 72.5 Å². The van der Waals surface area contributed by atoms with Crippen molar-refractivity contribution in [2.75, 3.05) is 5.32 Å². The summed E-state index contributed by atoms with van der Waals surface area (Å²) in [5.74, 6) is -1.70. The lowest BCUT2D eigenvalue weighted by Crippen LogP contribution is -2.26. The average Bonchev–Trinajstić information content (AvgIpc) is 2.74. The molecule has 30 heavy (non-hydrogen) atoms. The van der Waals surface area contributed by atoms with Gasteiger partial charge in [-0.1, -0.05) is 54.6 Å². The van der Waals surface area contributed by atoms with Crippen LogP contribution in [0.5, 0.6) is 0 Å². The molecule has 0 saturated heterocycles. The van der Waals surface area contributed by atoms with Crippen LogP contribution in [-0.2, 0) is 20.7 Å². The summed E-state index contributed by atoms with van der Waals surface area (Å²) in [7, 11) is 0. The maximum atomic E-state index is 13.1. The standard InChI is InChI=1S/C24H20FNO4/c1-16(27)19-8-5-9-21(15-19)26-24(29)23(18-6-3-2-4-7-18)30-22(28)14-17-10-12-20(25)13-11-17/h2-13,15,23H,14H2,1H3,(H,26,29)/t23-/m0/s1. The number of nitrogens with one attached hydrogen (secondary N) is 1. The van der Waals surface area contributed by atoms with Crippen molar-refractivity contribution in [3.05, 3.63) is 101 Å². The van der Waals surface area contributed by atoms with Crippen LogP contribution in [0.3, 0.4) is 0 Å². The van der Waals surface area contributed by atoms with E-state index in [9.17, 15) is 18.8 Å². The van der Waals surface area contributed by atoms with Crippen molar-refractivity contribution < 1.29 is 23.5 Å². The van der Waals surface area contributed by atoms with Crippen LogP contribution in [0, 0.1) is 5.82 Å². The Morgan fingerprint density at radius 1 is 0.933 bits per heavy atom. The number of amides is 1. The van der Waals surface area contributed by atoms with E-state index in [0.29, 0.717) is 22.4 Å². The molecule has 0 bridgehead atoms. The molecule has 0 aliphatic rings. The van der Waals surface area contributed by atoms with Gasteiger partial charge in [-0.05, 0) is 36.8 Å². The number of Topliss-reactive ketones (excluding diaryl/α,β-unsaturated/α-hetero) is 1. The Bertz CT molecular complexity index is 1050. The van der Waals surface area contributed by atoms with Crippen LogP contribution in [0.2, 0.25) is 0 Å². The monoisotopic (exact) mass is 405 g/mol. The second-order valence-corrected chi connectivity index (χ2v) is 6.71. The fourth-order valence-electron chi connectivity index (χ4n) is 2.87. The predicted molar refractivity (Wildman–Crippen MR) is 110 cm³/mol. The SMILES string of the molecule is CC(=O)c1cccc(NC(=O)[C@@H](OC(=O)Cc2ccc(F)cc2)c2ccccc2)c1. The van der Waals surface area contributed by atoms with Crippen LogP contribution in [0.1, 0.15) is 34.5 Å². The van der Waals surface area contributed by atoms with Crippen molar-refractivity contribution >= 4 is 23.3 Å². The molecule has 0 radical (unpaired) electrons. The summed E-state index contributed by atoms with van der Waals surface area (Å²) in [6.45, 7) is 1.44. The Balaban J connectivity index is 1.77. The highest BCUT2D eigenvalue weighted by molar-refractivity contribution is 5.99. The lowest BCUT2D eigenvalue weighted by molar-refractivity contribution is -0.154. The third-order valence-electron chi connectivity index (χ3n) is 4.39. The molecule has 3 rings (SSSR count). The van der Waals surface area contributed by atoms with Crippen molar-refractivity contribution in [3.8, 4) is 0 Å². The van der Waals surface area contributed by atoms with E-state index in [0.717, 1.165) is 0 Å². The fraction of sp³-hybridized carbons (Fsp3) is 0.125. The Morgan fingerprint density at radius 3 is 2.30 bits per heavy atom. The van der Waals surface area contributed by atoms with Gasteiger partial charge >= 0.3 is 5.97 Å². The molecule has 6 heteroatoms. The summed E-state index contributed by atoms with van der Waals surface area (Å²) in [5, 5.41) is 2.69. The van der Waals surface area contributed by atoms with Gasteiger partial charge in [-0.2, -0.15) is 0 Å². The first-order valence-electron chi connectivity index (χ1n) is 9.33. The van der Waals surface area contributed by atoms with E-state index >= 15 is 0 Å². The van der Waals surface area contributed by atoms with Gasteiger partial charge in [0, 0.05) is 16.8 Å². The molecule has 1 atom stereocenters. The van der Waals surface area contributed by atoms with Crippen LogP contribution in [0.4, 0.5) is 10.1 Å². The number of halogens is 1. The summed E-state index contributed by atoms with van der Waals surface area (Å²) in [4.78, 5) is 36.9. The van der Waals surface area contributed by atoms with Gasteiger partial charge in [-0.25, -0.2) is 4.39 Å². The number of esters is 1. The molecule has 152 valence electrons. The summed E-state index contributed by atoms with van der Waals surface area (Å²) in [5.41, 5.74) is 1.95. The predicted octanol–water partition coefficient (Wildman–Crippen LogP) is 4.49. The molecule has 3 aromatic carbocycles. The lowest BCUT2D eigenvalue weighted by atomic mass is 10.1. The molecule has 1 N–H and O–H groups in total. The van der Waals surface area contributed by atoms with Crippen LogP contribution in [0.15, 0.2) is 78.9 Å². The molecule has 0 saturated carbocycles. The number of carbonyl (C=O) groups is 3. The molecule has 0 spiro atoms. The Kier molecular flexibility index (Phi) is 6.70. The number of carbonyl (C=O) groups excluding carboxylic acids is 3. The molecule has 0 aromatic heterocycles. The lowest BCUT2D eigenvalue weighted by Gasteiger charge is -2.18. The Labute approximate surface area is 173 Å². The number of ketones is 1. The fourth-order valence-corrected chi connectivity index (χ4v) is 2.87. The van der Waals surface area contributed by atoms with Crippen molar-refractivity contribution in [1.29, 1.82) is 0 Å². The van der Waals surface area contributed by atoms with Gasteiger partial charge in [0.15, 0.2) is 5.78 Å². The molecular formula is C24H20FNO4. The first kappa shape index (κ1) is 20.9. The molecule has 0 fully saturated rings. The minimum atomic E-state index is -1.18. The van der Waals surface area contributed by atoms with Gasteiger partial charge in [-0.3, -0.25) is 14.4 Å². The van der Waals surface area contributed by atoms with Crippen LogP contribution >= 0.6 is 0 Å². The van der Waals surface area contributed by atoms with Gasteiger partial charge in [0.05, 0.1) is 6.42 Å². The van der Waals surface area contributed by atoms with E-state index in [1.165, 1.54) is 31.2 Å². The van der Waals surface area contributed by atoms with Gasteiger partial charge in [0.2, 0.25) is 6.10 Å². The van der Waals surface area contributed by atoms with Crippen molar-refractivity contribution in [2.45, 2.75) is 19.4 Å². The molecule has 5 nitrogen and oxygen atoms in total. The smallest absolute Gasteiger partial charge is 0.311 e. The molecule has 0 unspecified atom stereocenters. The van der Waals surface area contributed by atoms with Crippen LogP contribution in [0.25, 0.3) is 0 Å². The van der Waals surface area contributed by atoms with Crippen molar-refractivity contribution in [2.24, 2.45) is 0 Å². The van der Waals surface area contributed by atoms with E-state index < -0.39 is 23.8 Å². The highest BCUT2D eigenvalue weighted by Crippen LogP contribution is 2.21. The van der Waals surface area contributed by atoms with E-state index in [-0.39, 0.29) is 12.2 Å². The number of benzene rings is 3. The maximum Gasteiger partial charge on any atom is 0.311 e. The summed E-state index contributed by atoms with van der Waals surface area (Å²) in [6.07, 6.45) is -1.28.